The van der Waals surface area contributed by atoms with E-state index in [2.05, 4.69) is 20.9 Å². The average molecular weight is 254 g/mol. The number of H-pyrrole nitrogens is 1. The number of nitrogens with one attached hydrogen (secondary N) is 1. The number of fused-ring (bicyclic) bond motifs is 1. The number of aliphatic hydroxyl groups is 1. The van der Waals surface area contributed by atoms with Crippen LogP contribution in [0.1, 0.15) is 19.4 Å². The van der Waals surface area contributed by atoms with Crippen molar-refractivity contribution < 1.29 is 5.11 Å². The molecule has 0 aliphatic heterocycles. The summed E-state index contributed by atoms with van der Waals surface area (Å²) in [5, 5.41) is 11.0. The summed E-state index contributed by atoms with van der Waals surface area (Å²) in [7, 11) is 0. The Balaban J connectivity index is 2.80. The highest BCUT2D eigenvalue weighted by Crippen LogP contribution is 2.33. The van der Waals surface area contributed by atoms with Crippen molar-refractivity contribution in [3.8, 4) is 0 Å². The maximum Gasteiger partial charge on any atom is 0.0861 e. The van der Waals surface area contributed by atoms with Gasteiger partial charge in [-0.15, -0.1) is 0 Å². The molecule has 3 heteroatoms. The number of aromatic nitrogens is 1. The normalized spacial score (nSPS) is 12.3. The van der Waals surface area contributed by atoms with E-state index in [0.29, 0.717) is 0 Å². The molecule has 0 saturated heterocycles. The van der Waals surface area contributed by atoms with Gasteiger partial charge in [-0.1, -0.05) is 22.0 Å². The van der Waals surface area contributed by atoms with Gasteiger partial charge in [0.1, 0.15) is 0 Å². The Bertz CT molecular complexity index is 468. The fourth-order valence-corrected chi connectivity index (χ4v) is 2.20. The van der Waals surface area contributed by atoms with Gasteiger partial charge in [-0.05, 0) is 26.0 Å². The van der Waals surface area contributed by atoms with Gasteiger partial charge in [-0.25, -0.2) is 0 Å². The standard InChI is InChI=1S/C11H12BrNO/c1-11(2,14)7-6-13-9-5-3-4-8(12)10(7)9/h3-6,13-14H,1-2H3. The van der Waals surface area contributed by atoms with E-state index in [9.17, 15) is 5.11 Å². The fraction of sp³-hybridized carbons (Fsp3) is 0.273. The van der Waals surface area contributed by atoms with E-state index in [1.165, 1.54) is 0 Å². The van der Waals surface area contributed by atoms with E-state index in [-0.39, 0.29) is 0 Å². The van der Waals surface area contributed by atoms with E-state index in [4.69, 9.17) is 0 Å². The molecule has 2 rings (SSSR count). The molecule has 0 amide bonds. The summed E-state index contributed by atoms with van der Waals surface area (Å²) < 4.78 is 1.01. The Morgan fingerprint density at radius 1 is 1.36 bits per heavy atom. The van der Waals surface area contributed by atoms with Crippen molar-refractivity contribution in [1.82, 2.24) is 4.98 Å². The van der Waals surface area contributed by atoms with Gasteiger partial charge in [0, 0.05) is 27.1 Å². The number of aromatic amines is 1. The van der Waals surface area contributed by atoms with Gasteiger partial charge in [0.25, 0.3) is 0 Å². The topological polar surface area (TPSA) is 36.0 Å². The molecule has 1 aromatic heterocycles. The van der Waals surface area contributed by atoms with Crippen molar-refractivity contribution in [3.05, 3.63) is 34.4 Å². The maximum atomic E-state index is 9.96. The Morgan fingerprint density at radius 3 is 2.71 bits per heavy atom. The third kappa shape index (κ3) is 1.47. The molecular weight excluding hydrogens is 242 g/mol. The SMILES string of the molecule is CC(C)(O)c1c[nH]c2cccc(Br)c12. The van der Waals surface area contributed by atoms with Gasteiger partial charge < -0.3 is 10.1 Å². The summed E-state index contributed by atoms with van der Waals surface area (Å²) in [6.45, 7) is 3.57. The van der Waals surface area contributed by atoms with Crippen molar-refractivity contribution in [1.29, 1.82) is 0 Å². The van der Waals surface area contributed by atoms with Gasteiger partial charge >= 0.3 is 0 Å². The van der Waals surface area contributed by atoms with Crippen LogP contribution < -0.4 is 0 Å². The molecule has 0 aliphatic rings. The molecule has 0 spiro atoms. The Hall–Kier alpha value is -0.800. The highest BCUT2D eigenvalue weighted by molar-refractivity contribution is 9.10. The molecule has 2 nitrogen and oxygen atoms in total. The smallest absolute Gasteiger partial charge is 0.0861 e. The maximum absolute atomic E-state index is 9.96. The van der Waals surface area contributed by atoms with Crippen LogP contribution >= 0.6 is 15.9 Å². The minimum Gasteiger partial charge on any atom is -0.386 e. The number of benzene rings is 1. The van der Waals surface area contributed by atoms with E-state index in [1.807, 2.05) is 24.4 Å². The fourth-order valence-electron chi connectivity index (χ4n) is 1.62. The molecule has 0 aliphatic carbocycles. The molecule has 1 aromatic carbocycles. The Morgan fingerprint density at radius 2 is 2.07 bits per heavy atom. The van der Waals surface area contributed by atoms with Crippen LogP contribution in [0.25, 0.3) is 10.9 Å². The lowest BCUT2D eigenvalue weighted by molar-refractivity contribution is 0.0802. The minimum absolute atomic E-state index is 0.817. The summed E-state index contributed by atoms with van der Waals surface area (Å²) in [6, 6.07) is 5.94. The molecule has 0 saturated carbocycles. The average Bonchev–Trinajstić information content (AvgIpc) is 2.47. The first-order chi connectivity index (χ1) is 6.50. The first-order valence-corrected chi connectivity index (χ1v) is 5.28. The van der Waals surface area contributed by atoms with Crippen LogP contribution in [0.4, 0.5) is 0 Å². The lowest BCUT2D eigenvalue weighted by atomic mass is 9.98. The largest absolute Gasteiger partial charge is 0.386 e. The predicted molar refractivity (Wildman–Crippen MR) is 61.2 cm³/mol. The number of rotatable bonds is 1. The number of hydrogen-bond acceptors (Lipinski definition) is 1. The summed E-state index contributed by atoms with van der Waals surface area (Å²) >= 11 is 3.49. The molecule has 0 fully saturated rings. The van der Waals surface area contributed by atoms with Gasteiger partial charge in [0.15, 0.2) is 0 Å². The predicted octanol–water partition coefficient (Wildman–Crippen LogP) is 3.16. The summed E-state index contributed by atoms with van der Waals surface area (Å²) in [5.74, 6) is 0. The van der Waals surface area contributed by atoms with Crippen molar-refractivity contribution in [3.63, 3.8) is 0 Å². The van der Waals surface area contributed by atoms with E-state index < -0.39 is 5.60 Å². The van der Waals surface area contributed by atoms with Crippen LogP contribution in [0.15, 0.2) is 28.9 Å². The van der Waals surface area contributed by atoms with E-state index in [1.54, 1.807) is 13.8 Å². The quantitative estimate of drug-likeness (QED) is 0.805. The summed E-state index contributed by atoms with van der Waals surface area (Å²) in [4.78, 5) is 3.15. The molecule has 0 unspecified atom stereocenters. The highest BCUT2D eigenvalue weighted by atomic mass is 79.9. The van der Waals surface area contributed by atoms with Gasteiger partial charge in [0.2, 0.25) is 0 Å². The second-order valence-corrected chi connectivity index (χ2v) is 4.78. The molecule has 14 heavy (non-hydrogen) atoms. The lowest BCUT2D eigenvalue weighted by Gasteiger charge is -2.16. The number of halogens is 1. The first kappa shape index (κ1) is 9.74. The molecular formula is C11H12BrNO. The van der Waals surface area contributed by atoms with Crippen LogP contribution in [-0.4, -0.2) is 10.1 Å². The third-order valence-corrected chi connectivity index (χ3v) is 2.97. The monoisotopic (exact) mass is 253 g/mol. The van der Waals surface area contributed by atoms with Gasteiger partial charge in [0.05, 0.1) is 5.60 Å². The lowest BCUT2D eigenvalue weighted by Crippen LogP contribution is -2.14. The van der Waals surface area contributed by atoms with Crippen molar-refractivity contribution >= 4 is 26.8 Å². The molecule has 0 radical (unpaired) electrons. The van der Waals surface area contributed by atoms with Crippen LogP contribution in [-0.2, 0) is 5.60 Å². The van der Waals surface area contributed by atoms with E-state index in [0.717, 1.165) is 20.9 Å². The van der Waals surface area contributed by atoms with Gasteiger partial charge in [-0.2, -0.15) is 0 Å². The van der Waals surface area contributed by atoms with Crippen molar-refractivity contribution in [2.24, 2.45) is 0 Å². The zero-order valence-corrected chi connectivity index (χ0v) is 9.72. The van der Waals surface area contributed by atoms with Crippen molar-refractivity contribution in [2.45, 2.75) is 19.4 Å². The second kappa shape index (κ2) is 3.11. The zero-order valence-electron chi connectivity index (χ0n) is 8.13. The summed E-state index contributed by atoms with van der Waals surface area (Å²) in [6.07, 6.45) is 1.86. The van der Waals surface area contributed by atoms with Crippen molar-refractivity contribution in [2.75, 3.05) is 0 Å². The van der Waals surface area contributed by atoms with Crippen LogP contribution in [0.5, 0.6) is 0 Å². The van der Waals surface area contributed by atoms with Crippen LogP contribution in [0, 0.1) is 0 Å². The molecule has 0 atom stereocenters. The molecule has 2 N–H and O–H groups in total. The van der Waals surface area contributed by atoms with Crippen LogP contribution in [0.3, 0.4) is 0 Å². The molecule has 1 heterocycles. The minimum atomic E-state index is -0.817. The Kier molecular flexibility index (Phi) is 2.16. The zero-order chi connectivity index (χ0) is 10.3. The number of hydrogen-bond donors (Lipinski definition) is 2. The van der Waals surface area contributed by atoms with Gasteiger partial charge in [-0.3, -0.25) is 0 Å². The molecule has 0 bridgehead atoms. The second-order valence-electron chi connectivity index (χ2n) is 3.92. The third-order valence-electron chi connectivity index (χ3n) is 2.31. The van der Waals surface area contributed by atoms with Crippen LogP contribution in [0.2, 0.25) is 0 Å². The van der Waals surface area contributed by atoms with E-state index >= 15 is 0 Å². The first-order valence-electron chi connectivity index (χ1n) is 4.48. The summed E-state index contributed by atoms with van der Waals surface area (Å²) in [5.41, 5.74) is 1.14. The highest BCUT2D eigenvalue weighted by Gasteiger charge is 2.21. The Labute approximate surface area is 91.1 Å². The molecule has 2 aromatic rings. The molecule has 74 valence electrons.